The molecule has 0 spiro atoms. The van der Waals surface area contributed by atoms with Crippen molar-refractivity contribution >= 4 is 34.9 Å². The second-order valence-corrected chi connectivity index (χ2v) is 9.56. The van der Waals surface area contributed by atoms with Crippen molar-refractivity contribution in [1.82, 2.24) is 0 Å². The van der Waals surface area contributed by atoms with Crippen LogP contribution >= 0.6 is 24.0 Å². The molecule has 0 aromatic heterocycles. The molecule has 0 fully saturated rings. The van der Waals surface area contributed by atoms with Crippen molar-refractivity contribution in [3.8, 4) is 0 Å². The first-order valence-electron chi connectivity index (χ1n) is 13.2. The van der Waals surface area contributed by atoms with Gasteiger partial charge in [-0.2, -0.15) is 0 Å². The zero-order chi connectivity index (χ0) is 22.4. The lowest BCUT2D eigenvalue weighted by molar-refractivity contribution is -0.111. The highest BCUT2D eigenvalue weighted by Crippen LogP contribution is 2.15. The summed E-state index contributed by atoms with van der Waals surface area (Å²) in [6.45, 7) is 3.33. The number of aryl methyl sites for hydroxylation is 1. The normalized spacial score (nSPS) is 10.7. The lowest BCUT2D eigenvalue weighted by Crippen LogP contribution is -2.01. The standard InChI is InChI=1S/C28H48ClNO.ClH/c1-2-3-4-5-6-7-8-9-10-11-12-13-14-15-16-17-18-25-30-27-22-19-26(20-23-27)21-24-28(29)31;/h19-20,22-23,30H,2-18,21,24-25H2,1H3;1H. The minimum absolute atomic E-state index is 0. The molecule has 0 atom stereocenters. The Balaban J connectivity index is 0.00000961. The Labute approximate surface area is 210 Å². The van der Waals surface area contributed by atoms with Gasteiger partial charge in [0.15, 0.2) is 0 Å². The molecule has 0 amide bonds. The van der Waals surface area contributed by atoms with E-state index in [1.54, 1.807) is 0 Å². The topological polar surface area (TPSA) is 29.1 Å². The Morgan fingerprint density at radius 1 is 0.688 bits per heavy atom. The van der Waals surface area contributed by atoms with Gasteiger partial charge in [0, 0.05) is 18.7 Å². The van der Waals surface area contributed by atoms with Crippen molar-refractivity contribution in [2.24, 2.45) is 0 Å². The number of rotatable bonds is 22. The molecule has 1 aromatic carbocycles. The van der Waals surface area contributed by atoms with Crippen LogP contribution in [-0.4, -0.2) is 11.8 Å². The minimum atomic E-state index is -0.263. The molecule has 0 saturated heterocycles. The zero-order valence-electron chi connectivity index (χ0n) is 20.6. The van der Waals surface area contributed by atoms with Crippen LogP contribution in [0.15, 0.2) is 24.3 Å². The van der Waals surface area contributed by atoms with Gasteiger partial charge in [-0.25, -0.2) is 0 Å². The van der Waals surface area contributed by atoms with Gasteiger partial charge in [0.05, 0.1) is 0 Å². The quantitative estimate of drug-likeness (QED) is 0.130. The van der Waals surface area contributed by atoms with Gasteiger partial charge >= 0.3 is 0 Å². The molecular formula is C28H49Cl2NO. The molecule has 1 N–H and O–H groups in total. The summed E-state index contributed by atoms with van der Waals surface area (Å²) in [5.41, 5.74) is 2.33. The van der Waals surface area contributed by atoms with Crippen molar-refractivity contribution in [3.05, 3.63) is 29.8 Å². The van der Waals surface area contributed by atoms with Crippen molar-refractivity contribution in [1.29, 1.82) is 0 Å². The average molecular weight is 487 g/mol. The van der Waals surface area contributed by atoms with E-state index in [0.717, 1.165) is 24.2 Å². The highest BCUT2D eigenvalue weighted by Gasteiger charge is 1.99. The number of unbranched alkanes of at least 4 members (excludes halogenated alkanes) is 16. The van der Waals surface area contributed by atoms with E-state index in [0.29, 0.717) is 6.42 Å². The van der Waals surface area contributed by atoms with Crippen LogP contribution in [0.3, 0.4) is 0 Å². The Kier molecular flexibility index (Phi) is 22.9. The van der Waals surface area contributed by atoms with E-state index in [-0.39, 0.29) is 17.6 Å². The first-order valence-corrected chi connectivity index (χ1v) is 13.6. The molecule has 0 unspecified atom stereocenters. The molecule has 2 nitrogen and oxygen atoms in total. The molecule has 0 radical (unpaired) electrons. The summed E-state index contributed by atoms with van der Waals surface area (Å²) < 4.78 is 0. The number of halogens is 2. The third-order valence-corrected chi connectivity index (χ3v) is 6.36. The average Bonchev–Trinajstić information content (AvgIpc) is 2.77. The summed E-state index contributed by atoms with van der Waals surface area (Å²) >= 11 is 5.40. The van der Waals surface area contributed by atoms with Gasteiger partial charge in [0.2, 0.25) is 5.24 Å². The molecule has 0 heterocycles. The number of carbonyl (C=O) groups excluding carboxylic acids is 1. The molecule has 4 heteroatoms. The predicted octanol–water partition coefficient (Wildman–Crippen LogP) is 9.87. The van der Waals surface area contributed by atoms with E-state index >= 15 is 0 Å². The lowest BCUT2D eigenvalue weighted by Gasteiger charge is -2.07. The molecule has 0 aliphatic carbocycles. The minimum Gasteiger partial charge on any atom is -0.385 e. The van der Waals surface area contributed by atoms with Gasteiger partial charge in [-0.3, -0.25) is 4.79 Å². The van der Waals surface area contributed by atoms with E-state index in [1.807, 2.05) is 0 Å². The van der Waals surface area contributed by atoms with Crippen LogP contribution in [0.5, 0.6) is 0 Å². The van der Waals surface area contributed by atoms with Crippen LogP contribution in [-0.2, 0) is 11.2 Å². The van der Waals surface area contributed by atoms with Crippen LogP contribution in [0.1, 0.15) is 128 Å². The number of benzene rings is 1. The molecule has 0 aliphatic heterocycles. The summed E-state index contributed by atoms with van der Waals surface area (Å²) in [6.07, 6.45) is 25.1. The van der Waals surface area contributed by atoms with Gasteiger partial charge in [-0.05, 0) is 42.1 Å². The van der Waals surface area contributed by atoms with Crippen molar-refractivity contribution in [3.63, 3.8) is 0 Å². The van der Waals surface area contributed by atoms with E-state index in [9.17, 15) is 4.79 Å². The fourth-order valence-corrected chi connectivity index (χ4v) is 4.21. The number of hydrogen-bond donors (Lipinski definition) is 1. The zero-order valence-corrected chi connectivity index (χ0v) is 22.2. The Bertz CT molecular complexity index is 533. The van der Waals surface area contributed by atoms with Gasteiger partial charge in [-0.15, -0.1) is 12.4 Å². The molecule has 0 saturated carbocycles. The molecule has 1 rings (SSSR count). The molecule has 1 aromatic rings. The molecule has 32 heavy (non-hydrogen) atoms. The second kappa shape index (κ2) is 23.4. The van der Waals surface area contributed by atoms with Crippen molar-refractivity contribution in [2.45, 2.75) is 129 Å². The number of nitrogens with one attached hydrogen (secondary N) is 1. The largest absolute Gasteiger partial charge is 0.385 e. The summed E-state index contributed by atoms with van der Waals surface area (Å²) in [7, 11) is 0. The van der Waals surface area contributed by atoms with E-state index in [1.165, 1.54) is 109 Å². The maximum atomic E-state index is 10.8. The van der Waals surface area contributed by atoms with Crippen LogP contribution in [0.25, 0.3) is 0 Å². The lowest BCUT2D eigenvalue weighted by atomic mass is 10.0. The van der Waals surface area contributed by atoms with Crippen LogP contribution in [0.4, 0.5) is 5.69 Å². The third-order valence-electron chi connectivity index (χ3n) is 6.17. The monoisotopic (exact) mass is 485 g/mol. The fourth-order valence-electron chi connectivity index (χ4n) is 4.11. The molecule has 186 valence electrons. The summed E-state index contributed by atoms with van der Waals surface area (Å²) in [6, 6.07) is 8.36. The van der Waals surface area contributed by atoms with Crippen molar-refractivity contribution < 1.29 is 4.79 Å². The van der Waals surface area contributed by atoms with E-state index in [4.69, 9.17) is 11.6 Å². The smallest absolute Gasteiger partial charge is 0.221 e. The molecular weight excluding hydrogens is 437 g/mol. The molecule has 0 aliphatic rings. The number of carbonyl (C=O) groups is 1. The van der Waals surface area contributed by atoms with Crippen LogP contribution < -0.4 is 5.32 Å². The van der Waals surface area contributed by atoms with Gasteiger partial charge < -0.3 is 5.32 Å². The Morgan fingerprint density at radius 3 is 1.50 bits per heavy atom. The summed E-state index contributed by atoms with van der Waals surface area (Å²) in [5.74, 6) is 0. The van der Waals surface area contributed by atoms with Crippen molar-refractivity contribution in [2.75, 3.05) is 11.9 Å². The van der Waals surface area contributed by atoms with Gasteiger partial charge in [0.25, 0.3) is 0 Å². The third kappa shape index (κ3) is 19.9. The second-order valence-electron chi connectivity index (χ2n) is 9.14. The predicted molar refractivity (Wildman–Crippen MR) is 146 cm³/mol. The van der Waals surface area contributed by atoms with Crippen LogP contribution in [0.2, 0.25) is 0 Å². The highest BCUT2D eigenvalue weighted by atomic mass is 35.5. The maximum absolute atomic E-state index is 10.8. The number of hydrogen-bond acceptors (Lipinski definition) is 2. The summed E-state index contributed by atoms with van der Waals surface area (Å²) in [5, 5.41) is 3.23. The fraction of sp³-hybridized carbons (Fsp3) is 0.750. The first kappa shape index (κ1) is 31.3. The van der Waals surface area contributed by atoms with Crippen LogP contribution in [0, 0.1) is 0 Å². The maximum Gasteiger partial charge on any atom is 0.221 e. The van der Waals surface area contributed by atoms with E-state index in [2.05, 4.69) is 36.5 Å². The van der Waals surface area contributed by atoms with Gasteiger partial charge in [-0.1, -0.05) is 122 Å². The SMILES string of the molecule is CCCCCCCCCCCCCCCCCCCNc1ccc(CCC(=O)Cl)cc1.Cl. The summed E-state index contributed by atoms with van der Waals surface area (Å²) in [4.78, 5) is 10.8. The Hall–Kier alpha value is -0.730. The van der Waals surface area contributed by atoms with E-state index < -0.39 is 0 Å². The highest BCUT2D eigenvalue weighted by molar-refractivity contribution is 6.63. The van der Waals surface area contributed by atoms with Gasteiger partial charge in [0.1, 0.15) is 0 Å². The molecule has 0 bridgehead atoms. The Morgan fingerprint density at radius 2 is 1.09 bits per heavy atom. The number of anilines is 1. The first-order chi connectivity index (χ1) is 15.2.